The second kappa shape index (κ2) is 10.2. The van der Waals surface area contributed by atoms with Gasteiger partial charge in [-0.3, -0.25) is 14.9 Å². The van der Waals surface area contributed by atoms with Crippen LogP contribution in [0.15, 0.2) is 60.7 Å². The lowest BCUT2D eigenvalue weighted by Crippen LogP contribution is -2.55. The zero-order valence-corrected chi connectivity index (χ0v) is 17.2. The number of ketones is 1. The summed E-state index contributed by atoms with van der Waals surface area (Å²) in [6.45, 7) is 2.85. The molecule has 0 amide bonds. The van der Waals surface area contributed by atoms with E-state index < -0.39 is 17.6 Å². The minimum absolute atomic E-state index is 0.0112. The van der Waals surface area contributed by atoms with Crippen LogP contribution in [0.5, 0.6) is 0 Å². The van der Waals surface area contributed by atoms with Crippen molar-refractivity contribution in [3.8, 4) is 11.8 Å². The van der Waals surface area contributed by atoms with Crippen molar-refractivity contribution in [3.05, 3.63) is 71.8 Å². The number of carbonyl (C=O) groups is 2. The van der Waals surface area contributed by atoms with Crippen molar-refractivity contribution < 1.29 is 14.7 Å². The van der Waals surface area contributed by atoms with E-state index in [0.29, 0.717) is 25.9 Å². The first-order valence-corrected chi connectivity index (χ1v) is 10.4. The van der Waals surface area contributed by atoms with Crippen molar-refractivity contribution in [1.82, 2.24) is 10.6 Å². The van der Waals surface area contributed by atoms with Crippen LogP contribution in [0, 0.1) is 17.8 Å². The van der Waals surface area contributed by atoms with Crippen LogP contribution in [0.3, 0.4) is 0 Å². The van der Waals surface area contributed by atoms with Gasteiger partial charge in [0.15, 0.2) is 5.78 Å². The molecule has 0 bridgehead atoms. The quantitative estimate of drug-likeness (QED) is 0.466. The second-order valence-corrected chi connectivity index (χ2v) is 7.52. The van der Waals surface area contributed by atoms with Gasteiger partial charge in [0.2, 0.25) is 0 Å². The van der Waals surface area contributed by atoms with Crippen LogP contribution in [-0.2, 0) is 15.1 Å². The largest absolute Gasteiger partial charge is 0.480 e. The summed E-state index contributed by atoms with van der Waals surface area (Å²) in [5, 5.41) is 16.0. The molecular weight excluding hydrogens is 376 g/mol. The lowest BCUT2D eigenvalue weighted by atomic mass is 9.72. The van der Waals surface area contributed by atoms with Crippen molar-refractivity contribution in [3.63, 3.8) is 0 Å². The average Bonchev–Trinajstić information content (AvgIpc) is 2.80. The maximum Gasteiger partial charge on any atom is 0.320 e. The van der Waals surface area contributed by atoms with Crippen molar-refractivity contribution in [2.24, 2.45) is 5.92 Å². The maximum atomic E-state index is 14.1. The number of carboxylic acid groups (broad SMARTS) is 1. The predicted octanol–water partition coefficient (Wildman–Crippen LogP) is 2.96. The Hall–Kier alpha value is -2.94. The van der Waals surface area contributed by atoms with Crippen LogP contribution in [0.1, 0.15) is 37.3 Å². The smallest absolute Gasteiger partial charge is 0.320 e. The maximum absolute atomic E-state index is 14.1. The van der Waals surface area contributed by atoms with Crippen molar-refractivity contribution in [2.45, 2.75) is 37.8 Å². The Morgan fingerprint density at radius 1 is 1.10 bits per heavy atom. The molecule has 1 aliphatic rings. The highest BCUT2D eigenvalue weighted by atomic mass is 16.4. The highest BCUT2D eigenvalue weighted by Crippen LogP contribution is 2.36. The standard InChI is InChI=1S/C25H28N2O3/c1-2-3-10-16-27-25(20-11-6-4-7-12-20,21-13-8-5-9-14-21)23(28)19-15-17-26-22(18-19)24(29)30/h4-9,11-14,19,22,26-27H,10,15-18H2,1H3,(H,29,30)/t19-,22+/m1/s1. The molecule has 0 saturated carbocycles. The third-order valence-electron chi connectivity index (χ3n) is 5.67. The van der Waals surface area contributed by atoms with E-state index in [1.54, 1.807) is 6.92 Å². The van der Waals surface area contributed by atoms with Crippen LogP contribution in [0.4, 0.5) is 0 Å². The molecule has 1 fully saturated rings. The molecule has 2 aromatic rings. The lowest BCUT2D eigenvalue weighted by Gasteiger charge is -2.39. The molecule has 1 aliphatic heterocycles. The van der Waals surface area contributed by atoms with Gasteiger partial charge in [0, 0.05) is 18.9 Å². The number of benzene rings is 2. The Labute approximate surface area is 177 Å². The van der Waals surface area contributed by atoms with E-state index in [2.05, 4.69) is 22.5 Å². The first-order valence-electron chi connectivity index (χ1n) is 10.4. The van der Waals surface area contributed by atoms with Gasteiger partial charge in [0.25, 0.3) is 0 Å². The zero-order chi connectivity index (χ0) is 21.4. The number of Topliss-reactive ketones (excluding diaryl/α,β-unsaturated/α-hetero) is 1. The lowest BCUT2D eigenvalue weighted by molar-refractivity contribution is -0.141. The number of carbonyl (C=O) groups excluding carboxylic acids is 1. The molecule has 1 saturated heterocycles. The molecule has 5 nitrogen and oxygen atoms in total. The third kappa shape index (κ3) is 4.62. The number of aliphatic carboxylic acids is 1. The molecule has 0 aliphatic carbocycles. The molecule has 3 rings (SSSR count). The summed E-state index contributed by atoms with van der Waals surface area (Å²) in [6, 6.07) is 18.7. The normalized spacial score (nSPS) is 18.8. The van der Waals surface area contributed by atoms with Gasteiger partial charge in [-0.1, -0.05) is 60.7 Å². The number of hydrogen-bond donors (Lipinski definition) is 3. The number of piperidine rings is 1. The highest BCUT2D eigenvalue weighted by molar-refractivity contribution is 5.95. The summed E-state index contributed by atoms with van der Waals surface area (Å²) in [5.74, 6) is 4.68. The Morgan fingerprint density at radius 3 is 2.23 bits per heavy atom. The van der Waals surface area contributed by atoms with Gasteiger partial charge in [0.1, 0.15) is 11.6 Å². The Balaban J connectivity index is 2.07. The second-order valence-electron chi connectivity index (χ2n) is 7.52. The molecule has 0 aromatic heterocycles. The Morgan fingerprint density at radius 2 is 1.70 bits per heavy atom. The summed E-state index contributed by atoms with van der Waals surface area (Å²) in [4.78, 5) is 25.7. The topological polar surface area (TPSA) is 78.4 Å². The van der Waals surface area contributed by atoms with Gasteiger partial charge in [0.05, 0.1) is 0 Å². The average molecular weight is 405 g/mol. The van der Waals surface area contributed by atoms with Crippen LogP contribution in [0.25, 0.3) is 0 Å². The van der Waals surface area contributed by atoms with E-state index in [1.807, 2.05) is 60.7 Å². The molecule has 0 unspecified atom stereocenters. The number of hydrogen-bond acceptors (Lipinski definition) is 4. The van der Waals surface area contributed by atoms with E-state index in [9.17, 15) is 14.7 Å². The molecule has 2 atom stereocenters. The SMILES string of the molecule is CC#CCCNC(C(=O)[C@@H]1CCN[C@H](C(=O)O)C1)(c1ccccc1)c1ccccc1. The van der Waals surface area contributed by atoms with Crippen molar-refractivity contribution >= 4 is 11.8 Å². The third-order valence-corrected chi connectivity index (χ3v) is 5.67. The van der Waals surface area contributed by atoms with E-state index in [0.717, 1.165) is 11.1 Å². The van der Waals surface area contributed by atoms with Gasteiger partial charge in [-0.05, 0) is 37.4 Å². The van der Waals surface area contributed by atoms with E-state index in [4.69, 9.17) is 0 Å². The van der Waals surface area contributed by atoms with Crippen LogP contribution in [-0.4, -0.2) is 36.0 Å². The summed E-state index contributed by atoms with van der Waals surface area (Å²) in [7, 11) is 0. The summed E-state index contributed by atoms with van der Waals surface area (Å²) < 4.78 is 0. The van der Waals surface area contributed by atoms with E-state index in [-0.39, 0.29) is 18.1 Å². The van der Waals surface area contributed by atoms with Gasteiger partial charge in [-0.2, -0.15) is 0 Å². The first-order chi connectivity index (χ1) is 14.6. The minimum Gasteiger partial charge on any atom is -0.480 e. The number of carboxylic acids is 1. The zero-order valence-electron chi connectivity index (χ0n) is 17.2. The minimum atomic E-state index is -1.05. The van der Waals surface area contributed by atoms with Gasteiger partial charge in [-0.15, -0.1) is 11.8 Å². The highest BCUT2D eigenvalue weighted by Gasteiger charge is 2.46. The molecule has 2 aromatic carbocycles. The summed E-state index contributed by atoms with van der Waals surface area (Å²) >= 11 is 0. The molecule has 3 N–H and O–H groups in total. The molecule has 0 spiro atoms. The van der Waals surface area contributed by atoms with Crippen molar-refractivity contribution in [1.29, 1.82) is 0 Å². The molecular formula is C25H28N2O3. The Bertz CT molecular complexity index is 876. The predicted molar refractivity (Wildman–Crippen MR) is 117 cm³/mol. The number of nitrogens with one attached hydrogen (secondary N) is 2. The Kier molecular flexibility index (Phi) is 7.40. The van der Waals surface area contributed by atoms with Crippen molar-refractivity contribution in [2.75, 3.05) is 13.1 Å². The number of rotatable bonds is 8. The fraction of sp³-hybridized carbons (Fsp3) is 0.360. The molecule has 5 heteroatoms. The summed E-state index contributed by atoms with van der Waals surface area (Å²) in [5.41, 5.74) is 0.662. The monoisotopic (exact) mass is 404 g/mol. The van der Waals surface area contributed by atoms with Gasteiger partial charge < -0.3 is 10.4 Å². The first kappa shape index (κ1) is 21.8. The fourth-order valence-electron chi connectivity index (χ4n) is 4.21. The molecule has 30 heavy (non-hydrogen) atoms. The van der Waals surface area contributed by atoms with Gasteiger partial charge in [-0.25, -0.2) is 0 Å². The molecule has 156 valence electrons. The van der Waals surface area contributed by atoms with Crippen LogP contribution >= 0.6 is 0 Å². The molecule has 1 heterocycles. The fourth-order valence-corrected chi connectivity index (χ4v) is 4.21. The van der Waals surface area contributed by atoms with Gasteiger partial charge >= 0.3 is 5.97 Å². The van der Waals surface area contributed by atoms with E-state index in [1.165, 1.54) is 0 Å². The van der Waals surface area contributed by atoms with Crippen LogP contribution in [0.2, 0.25) is 0 Å². The van der Waals surface area contributed by atoms with E-state index >= 15 is 0 Å². The van der Waals surface area contributed by atoms with Crippen LogP contribution < -0.4 is 10.6 Å². The molecule has 0 radical (unpaired) electrons. The summed E-state index contributed by atoms with van der Waals surface area (Å²) in [6.07, 6.45) is 1.52.